The van der Waals surface area contributed by atoms with Crippen molar-refractivity contribution in [1.29, 1.82) is 0 Å². The molecule has 0 aliphatic carbocycles. The molecule has 3 aromatic rings. The second-order valence-electron chi connectivity index (χ2n) is 8.76. The van der Waals surface area contributed by atoms with Crippen molar-refractivity contribution >= 4 is 11.6 Å². The summed E-state index contributed by atoms with van der Waals surface area (Å²) in [5, 5.41) is 4.09. The normalized spacial score (nSPS) is 14.1. The molecule has 0 saturated carbocycles. The molecule has 1 amide bonds. The quantitative estimate of drug-likeness (QED) is 0.521. The maximum absolute atomic E-state index is 13.6. The highest BCUT2D eigenvalue weighted by molar-refractivity contribution is 5.92. The Hall–Kier alpha value is -3.62. The lowest BCUT2D eigenvalue weighted by Crippen LogP contribution is -2.35. The van der Waals surface area contributed by atoms with E-state index in [-0.39, 0.29) is 17.9 Å². The first-order valence-electron chi connectivity index (χ1n) is 11.5. The number of amides is 1. The zero-order valence-corrected chi connectivity index (χ0v) is 19.7. The number of piperidine rings is 1. The number of alkyl halides is 3. The zero-order chi connectivity index (χ0) is 25.2. The molecule has 0 atom stereocenters. The number of rotatable bonds is 5. The van der Waals surface area contributed by atoms with E-state index in [1.54, 1.807) is 7.05 Å². The smallest absolute Gasteiger partial charge is 0.371 e. The number of para-hydroxylation sites is 2. The third-order valence-electron chi connectivity index (χ3n) is 6.19. The van der Waals surface area contributed by atoms with E-state index in [0.29, 0.717) is 0 Å². The van der Waals surface area contributed by atoms with Crippen LogP contribution < -0.4 is 10.3 Å². The number of aromatic nitrogens is 2. The lowest BCUT2D eigenvalue weighted by atomic mass is 10.1. The zero-order valence-electron chi connectivity index (χ0n) is 19.7. The average molecular weight is 485 g/mol. The molecule has 1 aromatic heterocycles. The first-order chi connectivity index (χ1) is 16.7. The number of anilines is 1. The summed E-state index contributed by atoms with van der Waals surface area (Å²) < 4.78 is 41.8. The van der Waals surface area contributed by atoms with Crippen molar-refractivity contribution in [3.63, 3.8) is 0 Å². The second kappa shape index (κ2) is 9.93. The highest BCUT2D eigenvalue weighted by atomic mass is 19.4. The summed E-state index contributed by atoms with van der Waals surface area (Å²) in [6.45, 7) is 3.60. The minimum atomic E-state index is -4.62. The summed E-state index contributed by atoms with van der Waals surface area (Å²) in [4.78, 5) is 29.6. The first-order valence-corrected chi connectivity index (χ1v) is 11.5. The van der Waals surface area contributed by atoms with Crippen molar-refractivity contribution in [2.24, 2.45) is 0 Å². The molecule has 0 unspecified atom stereocenters. The fourth-order valence-corrected chi connectivity index (χ4v) is 4.43. The number of carbonyl (C=O) groups excluding carboxylic acids is 1. The van der Waals surface area contributed by atoms with Gasteiger partial charge in [-0.2, -0.15) is 18.3 Å². The molecular weight excluding hydrogens is 457 g/mol. The van der Waals surface area contributed by atoms with Gasteiger partial charge in [0.15, 0.2) is 5.69 Å². The van der Waals surface area contributed by atoms with Crippen molar-refractivity contribution in [2.75, 3.05) is 25.0 Å². The van der Waals surface area contributed by atoms with Gasteiger partial charge < -0.3 is 9.80 Å². The Morgan fingerprint density at radius 1 is 1.00 bits per heavy atom. The van der Waals surface area contributed by atoms with Gasteiger partial charge in [0.1, 0.15) is 0 Å². The van der Waals surface area contributed by atoms with Gasteiger partial charge in [-0.1, -0.05) is 30.3 Å². The van der Waals surface area contributed by atoms with Crippen LogP contribution in [0.15, 0.2) is 59.4 Å². The van der Waals surface area contributed by atoms with Gasteiger partial charge in [0.2, 0.25) is 5.43 Å². The molecule has 1 fully saturated rings. The standard InChI is InChI=1S/C26H27F3N4O2/c1-18-16-23(34)24(30-33(18)22-13-7-5-11-20(22)26(27,28)29)25(35)31(2)17-19-10-4-6-12-21(19)32-14-8-3-9-15-32/h4-7,10-13,16H,3,8-9,14-15,17H2,1-2H3. The van der Waals surface area contributed by atoms with Crippen LogP contribution in [0.4, 0.5) is 18.9 Å². The Balaban J connectivity index is 1.66. The lowest BCUT2D eigenvalue weighted by Gasteiger charge is -2.31. The van der Waals surface area contributed by atoms with Crippen LogP contribution in [0.25, 0.3) is 5.69 Å². The van der Waals surface area contributed by atoms with E-state index in [2.05, 4.69) is 10.00 Å². The van der Waals surface area contributed by atoms with E-state index < -0.39 is 28.8 Å². The van der Waals surface area contributed by atoms with E-state index in [9.17, 15) is 22.8 Å². The number of nitrogens with zero attached hydrogens (tertiary/aromatic N) is 4. The molecule has 1 aliphatic heterocycles. The van der Waals surface area contributed by atoms with Gasteiger partial charge >= 0.3 is 6.18 Å². The Morgan fingerprint density at radius 3 is 2.31 bits per heavy atom. The molecule has 184 valence electrons. The predicted molar refractivity (Wildman–Crippen MR) is 128 cm³/mol. The van der Waals surface area contributed by atoms with Crippen molar-refractivity contribution in [3.05, 3.63) is 87.3 Å². The molecule has 2 aromatic carbocycles. The maximum Gasteiger partial charge on any atom is 0.418 e. The van der Waals surface area contributed by atoms with Crippen molar-refractivity contribution in [2.45, 2.75) is 38.9 Å². The van der Waals surface area contributed by atoms with Crippen LogP contribution in [0.2, 0.25) is 0 Å². The summed E-state index contributed by atoms with van der Waals surface area (Å²) in [5.74, 6) is -0.651. The van der Waals surface area contributed by atoms with Crippen molar-refractivity contribution in [3.8, 4) is 5.69 Å². The molecule has 0 N–H and O–H groups in total. The van der Waals surface area contributed by atoms with Gasteiger partial charge in [0, 0.05) is 44.1 Å². The average Bonchev–Trinajstić information content (AvgIpc) is 2.84. The monoisotopic (exact) mass is 484 g/mol. The van der Waals surface area contributed by atoms with Gasteiger partial charge in [-0.3, -0.25) is 9.59 Å². The summed E-state index contributed by atoms with van der Waals surface area (Å²) in [6.07, 6.45) is -1.21. The minimum absolute atomic E-state index is 0.196. The molecule has 0 radical (unpaired) electrons. The molecule has 2 heterocycles. The van der Waals surface area contributed by atoms with Crippen LogP contribution in [0, 0.1) is 6.92 Å². The largest absolute Gasteiger partial charge is 0.418 e. The van der Waals surface area contributed by atoms with Crippen LogP contribution in [-0.2, 0) is 12.7 Å². The van der Waals surface area contributed by atoms with Crippen LogP contribution in [0.5, 0.6) is 0 Å². The topological polar surface area (TPSA) is 58.4 Å². The van der Waals surface area contributed by atoms with E-state index in [1.807, 2.05) is 24.3 Å². The van der Waals surface area contributed by atoms with E-state index in [1.165, 1.54) is 36.4 Å². The molecule has 1 saturated heterocycles. The number of hydrogen-bond donors (Lipinski definition) is 0. The number of aryl methyl sites for hydroxylation is 1. The Bertz CT molecular complexity index is 1280. The van der Waals surface area contributed by atoms with Gasteiger partial charge in [-0.05, 0) is 49.9 Å². The third kappa shape index (κ3) is 5.23. The second-order valence-corrected chi connectivity index (χ2v) is 8.76. The van der Waals surface area contributed by atoms with Gasteiger partial charge in [-0.15, -0.1) is 0 Å². The Morgan fingerprint density at radius 2 is 1.63 bits per heavy atom. The number of carbonyl (C=O) groups is 1. The van der Waals surface area contributed by atoms with E-state index in [4.69, 9.17) is 0 Å². The molecule has 0 spiro atoms. The fourth-order valence-electron chi connectivity index (χ4n) is 4.43. The van der Waals surface area contributed by atoms with Gasteiger partial charge in [-0.25, -0.2) is 4.68 Å². The number of benzene rings is 2. The number of halogens is 3. The molecule has 6 nitrogen and oxygen atoms in total. The molecule has 9 heteroatoms. The Labute approximate surface area is 201 Å². The Kier molecular flexibility index (Phi) is 6.95. The molecular formula is C26H27F3N4O2. The van der Waals surface area contributed by atoms with Crippen LogP contribution >= 0.6 is 0 Å². The summed E-state index contributed by atoms with van der Waals surface area (Å²) in [5.41, 5.74) is -0.0391. The summed E-state index contributed by atoms with van der Waals surface area (Å²) >= 11 is 0. The maximum atomic E-state index is 13.6. The summed E-state index contributed by atoms with van der Waals surface area (Å²) in [7, 11) is 1.56. The van der Waals surface area contributed by atoms with Crippen molar-refractivity contribution < 1.29 is 18.0 Å². The van der Waals surface area contributed by atoms with Gasteiger partial charge in [0.05, 0.1) is 11.3 Å². The summed E-state index contributed by atoms with van der Waals surface area (Å²) in [6, 6.07) is 13.9. The minimum Gasteiger partial charge on any atom is -0.371 e. The number of hydrogen-bond acceptors (Lipinski definition) is 4. The van der Waals surface area contributed by atoms with Crippen LogP contribution in [-0.4, -0.2) is 40.7 Å². The highest BCUT2D eigenvalue weighted by Crippen LogP contribution is 2.33. The molecule has 1 aliphatic rings. The molecule has 0 bridgehead atoms. The molecule has 4 rings (SSSR count). The SMILES string of the molecule is Cc1cc(=O)c(C(=O)N(C)Cc2ccccc2N2CCCCC2)nn1-c1ccccc1C(F)(F)F. The third-order valence-corrected chi connectivity index (χ3v) is 6.19. The van der Waals surface area contributed by atoms with E-state index >= 15 is 0 Å². The fraction of sp³-hybridized carbons (Fsp3) is 0.346. The van der Waals surface area contributed by atoms with Crippen molar-refractivity contribution in [1.82, 2.24) is 14.7 Å². The van der Waals surface area contributed by atoms with Crippen LogP contribution in [0.1, 0.15) is 46.6 Å². The van der Waals surface area contributed by atoms with E-state index in [0.717, 1.165) is 54.0 Å². The highest BCUT2D eigenvalue weighted by Gasteiger charge is 2.34. The molecule has 35 heavy (non-hydrogen) atoms. The first kappa shape index (κ1) is 24.5. The van der Waals surface area contributed by atoms with Crippen LogP contribution in [0.3, 0.4) is 0 Å². The van der Waals surface area contributed by atoms with Gasteiger partial charge in [0.25, 0.3) is 5.91 Å². The lowest BCUT2D eigenvalue weighted by molar-refractivity contribution is -0.137. The predicted octanol–water partition coefficient (Wildman–Crippen LogP) is 4.82.